The number of fused-ring (bicyclic) bond motifs is 1. The monoisotopic (exact) mass is 418 g/mol. The molecule has 0 atom stereocenters. The highest BCUT2D eigenvalue weighted by Crippen LogP contribution is 2.28. The second-order valence-electron chi connectivity index (χ2n) is 5.26. The van der Waals surface area contributed by atoms with Crippen molar-refractivity contribution in [3.8, 4) is 11.3 Å². The first-order valence-corrected chi connectivity index (χ1v) is 8.40. The van der Waals surface area contributed by atoms with Gasteiger partial charge in [0.15, 0.2) is 0 Å². The van der Waals surface area contributed by atoms with Gasteiger partial charge in [0.05, 0.1) is 17.5 Å². The average molecular weight is 420 g/mol. The molecule has 0 amide bonds. The molecule has 2 heterocycles. The number of carbonyl (C=O) groups is 2. The summed E-state index contributed by atoms with van der Waals surface area (Å²) in [5, 5.41) is 0.106. The van der Waals surface area contributed by atoms with Crippen molar-refractivity contribution in [1.29, 1.82) is 0 Å². The molecule has 0 saturated heterocycles. The van der Waals surface area contributed by atoms with Gasteiger partial charge >= 0.3 is 5.97 Å². The number of rotatable bonds is 4. The lowest BCUT2D eigenvalue weighted by Crippen LogP contribution is -2.18. The Balaban J connectivity index is 2.15. The second kappa shape index (κ2) is 6.82. The van der Waals surface area contributed by atoms with Gasteiger partial charge in [-0.05, 0) is 30.7 Å². The van der Waals surface area contributed by atoms with Gasteiger partial charge in [-0.2, -0.15) is 0 Å². The number of ether oxygens (including phenoxy) is 1. The zero-order valence-corrected chi connectivity index (χ0v) is 15.5. The highest BCUT2D eigenvalue weighted by Gasteiger charge is 2.25. The number of hydrogen-bond donors (Lipinski definition) is 0. The molecule has 2 aromatic heterocycles. The first-order chi connectivity index (χ1) is 11.9. The molecule has 25 heavy (non-hydrogen) atoms. The molecule has 0 fully saturated rings. The first kappa shape index (κ1) is 17.4. The highest BCUT2D eigenvalue weighted by atomic mass is 79.9. The van der Waals surface area contributed by atoms with E-state index in [0.717, 1.165) is 16.3 Å². The molecule has 7 heteroatoms. The van der Waals surface area contributed by atoms with Crippen molar-refractivity contribution in [3.63, 3.8) is 0 Å². The van der Waals surface area contributed by atoms with Crippen molar-refractivity contribution in [1.82, 2.24) is 9.38 Å². The van der Waals surface area contributed by atoms with Crippen molar-refractivity contribution < 1.29 is 14.3 Å². The third-order valence-corrected chi connectivity index (χ3v) is 4.48. The molecule has 0 N–H and O–H groups in total. The molecule has 0 aliphatic rings. The van der Waals surface area contributed by atoms with Crippen molar-refractivity contribution in [3.05, 3.63) is 70.1 Å². The van der Waals surface area contributed by atoms with Crippen molar-refractivity contribution in [2.75, 3.05) is 0 Å². The Hall–Kier alpha value is -2.44. The summed E-state index contributed by atoms with van der Waals surface area (Å²) in [6.07, 6.45) is 2.62. The number of benzene rings is 1. The van der Waals surface area contributed by atoms with Crippen LogP contribution in [0.15, 0.2) is 53.8 Å². The topological polar surface area (TPSA) is 60.7 Å². The van der Waals surface area contributed by atoms with Crippen LogP contribution in [0.4, 0.5) is 0 Å². The molecule has 0 aliphatic carbocycles. The average Bonchev–Trinajstić information content (AvgIpc) is 2.99. The number of esters is 1. The lowest BCUT2D eigenvalue weighted by Gasteiger charge is -2.08. The summed E-state index contributed by atoms with van der Waals surface area (Å²) in [6.45, 7) is 4.96. The van der Waals surface area contributed by atoms with Crippen LogP contribution < -0.4 is 0 Å². The van der Waals surface area contributed by atoms with E-state index in [2.05, 4.69) is 32.2 Å². The van der Waals surface area contributed by atoms with Crippen LogP contribution in [0, 0.1) is 6.92 Å². The fourth-order valence-electron chi connectivity index (χ4n) is 2.49. The number of aryl methyl sites for hydroxylation is 1. The summed E-state index contributed by atoms with van der Waals surface area (Å²) in [6, 6.07) is 9.35. The zero-order chi connectivity index (χ0) is 18.1. The fourth-order valence-corrected chi connectivity index (χ4v) is 3.26. The van der Waals surface area contributed by atoms with Crippen LogP contribution in [0.2, 0.25) is 5.15 Å². The highest BCUT2D eigenvalue weighted by molar-refractivity contribution is 9.10. The normalized spacial score (nSPS) is 10.7. The number of ketones is 1. The molecule has 0 saturated carbocycles. The molecule has 0 radical (unpaired) electrons. The molecule has 1 aromatic carbocycles. The van der Waals surface area contributed by atoms with Crippen LogP contribution >= 0.6 is 27.5 Å². The minimum absolute atomic E-state index is 0.0826. The van der Waals surface area contributed by atoms with Crippen LogP contribution in [-0.2, 0) is 9.53 Å². The van der Waals surface area contributed by atoms with E-state index in [-0.39, 0.29) is 10.7 Å². The van der Waals surface area contributed by atoms with Gasteiger partial charge < -0.3 is 4.74 Å². The maximum atomic E-state index is 12.3. The Morgan fingerprint density at radius 2 is 2.12 bits per heavy atom. The third-order valence-electron chi connectivity index (χ3n) is 3.61. The number of Topliss-reactive ketones (excluding diaryl/α,β-unsaturated/α-hetero) is 1. The summed E-state index contributed by atoms with van der Waals surface area (Å²) in [5.74, 6) is -1.87. The minimum atomic E-state index is -1.04. The number of hydrogen-bond acceptors (Lipinski definition) is 4. The lowest BCUT2D eigenvalue weighted by atomic mass is 10.1. The van der Waals surface area contributed by atoms with Crippen molar-refractivity contribution in [2.24, 2.45) is 0 Å². The Morgan fingerprint density at radius 1 is 1.36 bits per heavy atom. The molecule has 0 bridgehead atoms. The number of pyridine rings is 1. The van der Waals surface area contributed by atoms with Crippen LogP contribution in [0.25, 0.3) is 16.9 Å². The molecular formula is C18H12BrClN2O3. The van der Waals surface area contributed by atoms with E-state index >= 15 is 0 Å². The van der Waals surface area contributed by atoms with E-state index in [1.165, 1.54) is 0 Å². The number of halogens is 2. The Morgan fingerprint density at radius 3 is 2.80 bits per heavy atom. The third kappa shape index (κ3) is 3.23. The summed E-state index contributed by atoms with van der Waals surface area (Å²) in [7, 11) is 0. The Labute approximate surface area is 157 Å². The van der Waals surface area contributed by atoms with Gasteiger partial charge in [0.1, 0.15) is 10.8 Å². The van der Waals surface area contributed by atoms with E-state index in [0.29, 0.717) is 16.9 Å². The van der Waals surface area contributed by atoms with Gasteiger partial charge in [-0.3, -0.25) is 9.20 Å². The van der Waals surface area contributed by atoms with E-state index in [1.54, 1.807) is 23.6 Å². The van der Waals surface area contributed by atoms with Crippen LogP contribution in [0.5, 0.6) is 0 Å². The number of aromatic nitrogens is 2. The van der Waals surface area contributed by atoms with Gasteiger partial charge in [-0.25, -0.2) is 9.78 Å². The Kier molecular flexibility index (Phi) is 4.74. The fraction of sp³-hybridized carbons (Fsp3) is 0.0556. The number of imidazole rings is 1. The summed E-state index contributed by atoms with van der Waals surface area (Å²) < 4.78 is 7.05. The van der Waals surface area contributed by atoms with Gasteiger partial charge in [0.2, 0.25) is 0 Å². The smallest absolute Gasteiger partial charge is 0.384 e. The van der Waals surface area contributed by atoms with Gasteiger partial charge in [-0.1, -0.05) is 46.2 Å². The largest absolute Gasteiger partial charge is 0.429 e. The predicted octanol–water partition coefficient (Wildman–Crippen LogP) is 4.60. The molecule has 5 nitrogen and oxygen atoms in total. The second-order valence-corrected chi connectivity index (χ2v) is 6.53. The van der Waals surface area contributed by atoms with E-state index < -0.39 is 11.8 Å². The van der Waals surface area contributed by atoms with E-state index in [9.17, 15) is 9.59 Å². The molecule has 3 aromatic rings. The number of carbonyl (C=O) groups excluding carboxylic acids is 2. The summed E-state index contributed by atoms with van der Waals surface area (Å²) in [5.41, 5.74) is 2.78. The van der Waals surface area contributed by atoms with Gasteiger partial charge in [-0.15, -0.1) is 0 Å². The molecule has 0 unspecified atom stereocenters. The van der Waals surface area contributed by atoms with Crippen molar-refractivity contribution in [2.45, 2.75) is 6.92 Å². The van der Waals surface area contributed by atoms with Crippen molar-refractivity contribution >= 4 is 44.9 Å². The number of nitrogens with zero attached hydrogens (tertiary/aromatic N) is 2. The molecular weight excluding hydrogens is 408 g/mol. The maximum absolute atomic E-state index is 12.3. The maximum Gasteiger partial charge on any atom is 0.384 e. The molecule has 126 valence electrons. The van der Waals surface area contributed by atoms with Gasteiger partial charge in [0.25, 0.3) is 5.78 Å². The van der Waals surface area contributed by atoms with Crippen LogP contribution in [0.1, 0.15) is 15.9 Å². The lowest BCUT2D eigenvalue weighted by molar-refractivity contribution is -0.132. The first-order valence-electron chi connectivity index (χ1n) is 7.22. The summed E-state index contributed by atoms with van der Waals surface area (Å²) in [4.78, 5) is 28.6. The minimum Gasteiger partial charge on any atom is -0.429 e. The van der Waals surface area contributed by atoms with E-state index in [4.69, 9.17) is 11.6 Å². The van der Waals surface area contributed by atoms with E-state index in [1.807, 2.05) is 24.3 Å². The molecule has 0 spiro atoms. The quantitative estimate of drug-likeness (QED) is 0.204. The molecule has 0 aliphatic heterocycles. The molecule has 3 rings (SSSR count). The predicted molar refractivity (Wildman–Crippen MR) is 98.7 cm³/mol. The summed E-state index contributed by atoms with van der Waals surface area (Å²) >= 11 is 9.80. The van der Waals surface area contributed by atoms with Crippen LogP contribution in [0.3, 0.4) is 0 Å². The SMILES string of the molecule is C=COC(=O)C(=O)c1c(C)cc2nc(-c3cccc(Br)c3)cn2c1Cl. The Bertz CT molecular complexity index is 1030. The van der Waals surface area contributed by atoms with Gasteiger partial charge in [0, 0.05) is 16.2 Å². The van der Waals surface area contributed by atoms with Crippen LogP contribution in [-0.4, -0.2) is 21.1 Å². The zero-order valence-electron chi connectivity index (χ0n) is 13.1. The standard InChI is InChI=1S/C18H12BrClN2O3/c1-3-25-18(24)16(23)15-10(2)7-14-21-13(9-22(14)17(15)20)11-5-4-6-12(19)8-11/h3-9H,1H2,2H3.